The van der Waals surface area contributed by atoms with Crippen LogP contribution in [-0.2, 0) is 6.42 Å². The van der Waals surface area contributed by atoms with Gasteiger partial charge in [-0.05, 0) is 13.3 Å². The Kier molecular flexibility index (Phi) is 5.51. The quantitative estimate of drug-likeness (QED) is 0.842. The van der Waals surface area contributed by atoms with E-state index in [9.17, 15) is 5.11 Å². The fraction of sp³-hybridized carbons (Fsp3) is 0.857. The first-order chi connectivity index (χ1) is 9.69. The fourth-order valence-corrected chi connectivity index (χ4v) is 2.73. The lowest BCUT2D eigenvalue weighted by atomic mass is 10.1. The minimum absolute atomic E-state index is 0.166. The standard InChI is InChI=1S/C14H26N4O2/c1-4-12(10-19)18-8-6-17(7-9-18)11(3)14-15-13(5-2)16-20-14/h11-12,19H,4-10H2,1-3H3. The van der Waals surface area contributed by atoms with Gasteiger partial charge in [-0.15, -0.1) is 0 Å². The van der Waals surface area contributed by atoms with Crippen LogP contribution in [0, 0.1) is 0 Å². The molecule has 0 saturated carbocycles. The van der Waals surface area contributed by atoms with E-state index in [0.29, 0.717) is 11.9 Å². The normalized spacial score (nSPS) is 21.0. The molecule has 0 aliphatic carbocycles. The van der Waals surface area contributed by atoms with Crippen molar-refractivity contribution < 1.29 is 9.63 Å². The maximum atomic E-state index is 9.37. The number of aliphatic hydroxyl groups is 1. The Morgan fingerprint density at radius 3 is 2.35 bits per heavy atom. The number of piperazine rings is 1. The molecule has 1 aliphatic heterocycles. The molecule has 1 fully saturated rings. The van der Waals surface area contributed by atoms with E-state index in [-0.39, 0.29) is 12.6 Å². The van der Waals surface area contributed by atoms with Gasteiger partial charge in [-0.2, -0.15) is 4.98 Å². The molecule has 2 rings (SSSR count). The average molecular weight is 282 g/mol. The summed E-state index contributed by atoms with van der Waals surface area (Å²) in [4.78, 5) is 9.16. The molecular formula is C14H26N4O2. The van der Waals surface area contributed by atoms with Gasteiger partial charge in [0.05, 0.1) is 12.6 Å². The van der Waals surface area contributed by atoms with Crippen LogP contribution in [0.2, 0.25) is 0 Å². The average Bonchev–Trinajstić information content (AvgIpc) is 2.97. The van der Waals surface area contributed by atoms with Crippen LogP contribution in [-0.4, -0.2) is 63.9 Å². The Balaban J connectivity index is 1.89. The first kappa shape index (κ1) is 15.4. The molecule has 0 spiro atoms. The minimum atomic E-state index is 0.166. The molecule has 0 radical (unpaired) electrons. The summed E-state index contributed by atoms with van der Waals surface area (Å²) >= 11 is 0. The van der Waals surface area contributed by atoms with E-state index in [1.807, 2.05) is 6.92 Å². The highest BCUT2D eigenvalue weighted by atomic mass is 16.5. The van der Waals surface area contributed by atoms with Gasteiger partial charge in [-0.25, -0.2) is 0 Å². The summed E-state index contributed by atoms with van der Waals surface area (Å²) < 4.78 is 5.33. The van der Waals surface area contributed by atoms with Gasteiger partial charge in [0.2, 0.25) is 5.89 Å². The molecule has 2 heterocycles. The lowest BCUT2D eigenvalue weighted by Crippen LogP contribution is -2.51. The second-order valence-electron chi connectivity index (χ2n) is 5.39. The first-order valence-electron chi connectivity index (χ1n) is 7.61. The van der Waals surface area contributed by atoms with Gasteiger partial charge < -0.3 is 9.63 Å². The molecular weight excluding hydrogens is 256 g/mol. The molecule has 6 nitrogen and oxygen atoms in total. The van der Waals surface area contributed by atoms with Crippen LogP contribution in [0.1, 0.15) is 44.9 Å². The van der Waals surface area contributed by atoms with E-state index in [2.05, 4.69) is 33.8 Å². The molecule has 20 heavy (non-hydrogen) atoms. The molecule has 1 aliphatic rings. The lowest BCUT2D eigenvalue weighted by molar-refractivity contribution is 0.0422. The number of aliphatic hydroxyl groups excluding tert-OH is 1. The second-order valence-corrected chi connectivity index (χ2v) is 5.39. The lowest BCUT2D eigenvalue weighted by Gasteiger charge is -2.39. The Labute approximate surface area is 120 Å². The van der Waals surface area contributed by atoms with Gasteiger partial charge in [0.15, 0.2) is 5.82 Å². The Morgan fingerprint density at radius 1 is 1.20 bits per heavy atom. The van der Waals surface area contributed by atoms with Crippen LogP contribution in [0.5, 0.6) is 0 Å². The van der Waals surface area contributed by atoms with Crippen molar-refractivity contribution in [3.05, 3.63) is 11.7 Å². The fourth-order valence-electron chi connectivity index (χ4n) is 2.73. The Morgan fingerprint density at radius 2 is 1.85 bits per heavy atom. The maximum absolute atomic E-state index is 9.37. The van der Waals surface area contributed by atoms with Crippen molar-refractivity contribution in [2.75, 3.05) is 32.8 Å². The summed E-state index contributed by atoms with van der Waals surface area (Å²) in [5, 5.41) is 13.3. The smallest absolute Gasteiger partial charge is 0.243 e. The molecule has 1 aromatic heterocycles. The highest BCUT2D eigenvalue weighted by Gasteiger charge is 2.27. The van der Waals surface area contributed by atoms with Crippen molar-refractivity contribution in [2.24, 2.45) is 0 Å². The van der Waals surface area contributed by atoms with Gasteiger partial charge in [-0.3, -0.25) is 9.80 Å². The second kappa shape index (κ2) is 7.15. The van der Waals surface area contributed by atoms with Gasteiger partial charge >= 0.3 is 0 Å². The third-order valence-electron chi connectivity index (χ3n) is 4.25. The topological polar surface area (TPSA) is 65.6 Å². The molecule has 0 amide bonds. The largest absolute Gasteiger partial charge is 0.395 e. The zero-order chi connectivity index (χ0) is 14.5. The number of nitrogens with zero attached hydrogens (tertiary/aromatic N) is 4. The van der Waals surface area contributed by atoms with E-state index < -0.39 is 0 Å². The number of aromatic nitrogens is 2. The van der Waals surface area contributed by atoms with Crippen molar-refractivity contribution in [3.63, 3.8) is 0 Å². The number of aryl methyl sites for hydroxylation is 1. The van der Waals surface area contributed by atoms with Crippen LogP contribution >= 0.6 is 0 Å². The number of rotatable bonds is 6. The van der Waals surface area contributed by atoms with Crippen LogP contribution in [0.15, 0.2) is 4.52 Å². The SMILES string of the molecule is CCc1noc(C(C)N2CCN(C(CC)CO)CC2)n1. The monoisotopic (exact) mass is 282 g/mol. The number of hydrogen-bond donors (Lipinski definition) is 1. The van der Waals surface area contributed by atoms with Crippen LogP contribution in [0.3, 0.4) is 0 Å². The van der Waals surface area contributed by atoms with Crippen LogP contribution in [0.4, 0.5) is 0 Å². The van der Waals surface area contributed by atoms with Crippen molar-refractivity contribution in [1.82, 2.24) is 19.9 Å². The van der Waals surface area contributed by atoms with E-state index in [4.69, 9.17) is 4.52 Å². The molecule has 1 saturated heterocycles. The highest BCUT2D eigenvalue weighted by Crippen LogP contribution is 2.21. The predicted molar refractivity (Wildman–Crippen MR) is 76.4 cm³/mol. The molecule has 6 heteroatoms. The molecule has 114 valence electrons. The zero-order valence-corrected chi connectivity index (χ0v) is 12.7. The first-order valence-corrected chi connectivity index (χ1v) is 7.61. The van der Waals surface area contributed by atoms with E-state index in [1.165, 1.54) is 0 Å². The predicted octanol–water partition coefficient (Wildman–Crippen LogP) is 1.08. The molecule has 0 bridgehead atoms. The van der Waals surface area contributed by atoms with Crippen molar-refractivity contribution in [2.45, 2.75) is 45.7 Å². The third kappa shape index (κ3) is 3.37. The molecule has 1 aromatic rings. The van der Waals surface area contributed by atoms with Crippen molar-refractivity contribution >= 4 is 0 Å². The molecule has 0 aromatic carbocycles. The third-order valence-corrected chi connectivity index (χ3v) is 4.25. The van der Waals surface area contributed by atoms with E-state index >= 15 is 0 Å². The number of hydrogen-bond acceptors (Lipinski definition) is 6. The van der Waals surface area contributed by atoms with Crippen LogP contribution < -0.4 is 0 Å². The van der Waals surface area contributed by atoms with Gasteiger partial charge in [0.25, 0.3) is 0 Å². The summed E-state index contributed by atoms with van der Waals surface area (Å²) in [6.45, 7) is 10.4. The summed E-state index contributed by atoms with van der Waals surface area (Å²) in [6.07, 6.45) is 1.80. The molecule has 2 atom stereocenters. The minimum Gasteiger partial charge on any atom is -0.395 e. The van der Waals surface area contributed by atoms with E-state index in [1.54, 1.807) is 0 Å². The zero-order valence-electron chi connectivity index (χ0n) is 12.7. The van der Waals surface area contributed by atoms with Crippen molar-refractivity contribution in [1.29, 1.82) is 0 Å². The highest BCUT2D eigenvalue weighted by molar-refractivity contribution is 4.93. The molecule has 2 unspecified atom stereocenters. The van der Waals surface area contributed by atoms with Crippen molar-refractivity contribution in [3.8, 4) is 0 Å². The maximum Gasteiger partial charge on any atom is 0.243 e. The van der Waals surface area contributed by atoms with Gasteiger partial charge in [0, 0.05) is 38.6 Å². The summed E-state index contributed by atoms with van der Waals surface area (Å²) in [5.41, 5.74) is 0. The Bertz CT molecular complexity index is 398. The van der Waals surface area contributed by atoms with Gasteiger partial charge in [-0.1, -0.05) is 19.0 Å². The Hall–Kier alpha value is -0.980. The van der Waals surface area contributed by atoms with Gasteiger partial charge in [0.1, 0.15) is 0 Å². The van der Waals surface area contributed by atoms with E-state index in [0.717, 1.165) is 44.8 Å². The summed E-state index contributed by atoms with van der Waals surface area (Å²) in [5.74, 6) is 1.49. The summed E-state index contributed by atoms with van der Waals surface area (Å²) in [7, 11) is 0. The molecule has 1 N–H and O–H groups in total. The van der Waals surface area contributed by atoms with Crippen LogP contribution in [0.25, 0.3) is 0 Å². The summed E-state index contributed by atoms with van der Waals surface area (Å²) in [6, 6.07) is 0.460.